The van der Waals surface area contributed by atoms with Crippen molar-refractivity contribution in [2.45, 2.75) is 26.2 Å². The highest BCUT2D eigenvalue weighted by atomic mass is 79.9. The molecule has 0 saturated carbocycles. The molecule has 0 nitrogen and oxygen atoms in total. The van der Waals surface area contributed by atoms with Gasteiger partial charge in [-0.1, -0.05) is 77.8 Å². The molecule has 1 heterocycles. The van der Waals surface area contributed by atoms with E-state index in [0.29, 0.717) is 0 Å². The summed E-state index contributed by atoms with van der Waals surface area (Å²) in [5.41, 5.74) is 2.75. The number of aryl methyl sites for hydroxylation is 1. The van der Waals surface area contributed by atoms with Crippen molar-refractivity contribution < 1.29 is 0 Å². The molecule has 2 heteroatoms. The summed E-state index contributed by atoms with van der Waals surface area (Å²) in [5, 5.41) is 3.94. The Labute approximate surface area is 155 Å². The maximum absolute atomic E-state index is 3.75. The molecule has 4 aromatic rings. The van der Waals surface area contributed by atoms with Gasteiger partial charge in [-0.15, -0.1) is 11.3 Å². The van der Waals surface area contributed by atoms with E-state index in [1.807, 2.05) is 11.3 Å². The summed E-state index contributed by atoms with van der Waals surface area (Å²) < 4.78 is 2.54. The van der Waals surface area contributed by atoms with Crippen molar-refractivity contribution in [1.82, 2.24) is 0 Å². The van der Waals surface area contributed by atoms with Crippen molar-refractivity contribution in [3.8, 4) is 10.4 Å². The van der Waals surface area contributed by atoms with E-state index in [9.17, 15) is 0 Å². The minimum Gasteiger partial charge on any atom is -0.135 e. The molecule has 0 bridgehead atoms. The first-order valence-corrected chi connectivity index (χ1v) is 10.1. The number of halogens is 1. The quantitative estimate of drug-likeness (QED) is 0.330. The lowest BCUT2D eigenvalue weighted by Gasteiger charge is -2.02. The van der Waals surface area contributed by atoms with Crippen LogP contribution >= 0.6 is 27.3 Å². The van der Waals surface area contributed by atoms with Gasteiger partial charge < -0.3 is 0 Å². The molecular weight excluding hydrogens is 376 g/mol. The van der Waals surface area contributed by atoms with Gasteiger partial charge in [0.2, 0.25) is 0 Å². The summed E-state index contributed by atoms with van der Waals surface area (Å²) in [4.78, 5) is 1.34. The number of hydrogen-bond acceptors (Lipinski definition) is 1. The third-order valence-corrected chi connectivity index (χ3v) is 6.41. The van der Waals surface area contributed by atoms with Crippen LogP contribution in [0.1, 0.15) is 25.3 Å². The Morgan fingerprint density at radius 3 is 2.50 bits per heavy atom. The molecule has 24 heavy (non-hydrogen) atoms. The van der Waals surface area contributed by atoms with Crippen LogP contribution < -0.4 is 0 Å². The molecule has 0 aliphatic heterocycles. The van der Waals surface area contributed by atoms with Crippen LogP contribution in [-0.2, 0) is 6.42 Å². The van der Waals surface area contributed by atoms with Crippen molar-refractivity contribution in [3.63, 3.8) is 0 Å². The molecule has 0 unspecified atom stereocenters. The van der Waals surface area contributed by atoms with Gasteiger partial charge in [-0.2, -0.15) is 0 Å². The molecule has 0 radical (unpaired) electrons. The van der Waals surface area contributed by atoms with Gasteiger partial charge in [0.05, 0.1) is 0 Å². The van der Waals surface area contributed by atoms with Gasteiger partial charge in [-0.25, -0.2) is 0 Å². The maximum Gasteiger partial charge on any atom is 0.0439 e. The fourth-order valence-corrected chi connectivity index (χ4v) is 5.09. The zero-order valence-electron chi connectivity index (χ0n) is 13.7. The highest BCUT2D eigenvalue weighted by molar-refractivity contribution is 9.10. The minimum atomic E-state index is 1.18. The highest BCUT2D eigenvalue weighted by Gasteiger charge is 2.10. The lowest BCUT2D eigenvalue weighted by atomic mass is 10.0. The summed E-state index contributed by atoms with van der Waals surface area (Å²) in [7, 11) is 0. The van der Waals surface area contributed by atoms with E-state index in [0.717, 1.165) is 0 Å². The lowest BCUT2D eigenvalue weighted by Crippen LogP contribution is -1.83. The van der Waals surface area contributed by atoms with Crippen LogP contribution in [0, 0.1) is 0 Å². The third-order valence-electron chi connectivity index (χ3n) is 4.53. The molecule has 0 amide bonds. The third kappa shape index (κ3) is 2.89. The van der Waals surface area contributed by atoms with Gasteiger partial charge in [-0.05, 0) is 46.9 Å². The molecule has 0 atom stereocenters. The van der Waals surface area contributed by atoms with E-state index in [4.69, 9.17) is 0 Å². The molecule has 3 aromatic carbocycles. The van der Waals surface area contributed by atoms with E-state index in [-0.39, 0.29) is 0 Å². The number of thiophene rings is 1. The van der Waals surface area contributed by atoms with Crippen LogP contribution in [0.25, 0.3) is 31.3 Å². The summed E-state index contributed by atoms with van der Waals surface area (Å²) in [6, 6.07) is 22.3. The zero-order chi connectivity index (χ0) is 16.5. The van der Waals surface area contributed by atoms with Crippen molar-refractivity contribution >= 4 is 48.1 Å². The number of benzene rings is 3. The fraction of sp³-hybridized carbons (Fsp3) is 0.182. The molecule has 0 aliphatic rings. The SMILES string of the molecule is CCCCc1ccc(-c2cc3c(Br)cc4ccccc4c3s2)cc1. The lowest BCUT2D eigenvalue weighted by molar-refractivity contribution is 0.795. The molecule has 120 valence electrons. The molecular formula is C22H19BrS. The summed E-state index contributed by atoms with van der Waals surface area (Å²) in [6.45, 7) is 2.24. The molecule has 0 N–H and O–H groups in total. The zero-order valence-corrected chi connectivity index (χ0v) is 16.1. The second-order valence-electron chi connectivity index (χ2n) is 6.23. The average molecular weight is 395 g/mol. The van der Waals surface area contributed by atoms with Gasteiger partial charge in [-0.3, -0.25) is 0 Å². The topological polar surface area (TPSA) is 0 Å². The normalized spacial score (nSPS) is 11.4. The standard InChI is InChI=1S/C22H19BrS/c1-2-3-6-15-9-11-16(12-10-15)21-14-19-20(23)13-17-7-4-5-8-18(17)22(19)24-21/h4-5,7-14H,2-3,6H2,1H3. The second kappa shape index (κ2) is 6.70. The van der Waals surface area contributed by atoms with Crippen LogP contribution in [0.2, 0.25) is 0 Å². The minimum absolute atomic E-state index is 1.18. The van der Waals surface area contributed by atoms with Gasteiger partial charge in [0.25, 0.3) is 0 Å². The Bertz CT molecular complexity index is 996. The first-order chi connectivity index (χ1) is 11.8. The Balaban J connectivity index is 1.80. The Morgan fingerprint density at radius 1 is 0.917 bits per heavy atom. The van der Waals surface area contributed by atoms with E-state index in [1.54, 1.807) is 0 Å². The van der Waals surface area contributed by atoms with Crippen LogP contribution in [0.4, 0.5) is 0 Å². The molecule has 0 saturated heterocycles. The van der Waals surface area contributed by atoms with Crippen LogP contribution in [0.5, 0.6) is 0 Å². The Morgan fingerprint density at radius 2 is 1.71 bits per heavy atom. The van der Waals surface area contributed by atoms with Gasteiger partial charge in [0, 0.05) is 19.4 Å². The fourth-order valence-electron chi connectivity index (χ4n) is 3.17. The van der Waals surface area contributed by atoms with Gasteiger partial charge >= 0.3 is 0 Å². The monoisotopic (exact) mass is 394 g/mol. The smallest absolute Gasteiger partial charge is 0.0439 e. The number of unbranched alkanes of at least 4 members (excludes halogenated alkanes) is 1. The van der Waals surface area contributed by atoms with Crippen molar-refractivity contribution in [1.29, 1.82) is 0 Å². The number of fused-ring (bicyclic) bond motifs is 3. The molecule has 0 aliphatic carbocycles. The first-order valence-electron chi connectivity index (χ1n) is 8.46. The highest BCUT2D eigenvalue weighted by Crippen LogP contribution is 2.41. The molecule has 4 rings (SSSR count). The van der Waals surface area contributed by atoms with Crippen molar-refractivity contribution in [2.24, 2.45) is 0 Å². The van der Waals surface area contributed by atoms with Crippen LogP contribution in [0.15, 0.2) is 65.1 Å². The van der Waals surface area contributed by atoms with Crippen molar-refractivity contribution in [3.05, 3.63) is 70.7 Å². The number of rotatable bonds is 4. The average Bonchev–Trinajstić information content (AvgIpc) is 3.07. The molecule has 1 aromatic heterocycles. The summed E-state index contributed by atoms with van der Waals surface area (Å²) >= 11 is 5.64. The first kappa shape index (κ1) is 15.9. The van der Waals surface area contributed by atoms with Gasteiger partial charge in [0.15, 0.2) is 0 Å². The Kier molecular flexibility index (Phi) is 4.43. The number of hydrogen-bond donors (Lipinski definition) is 0. The molecule has 0 spiro atoms. The summed E-state index contributed by atoms with van der Waals surface area (Å²) in [6.07, 6.45) is 3.69. The van der Waals surface area contributed by atoms with E-state index >= 15 is 0 Å². The predicted molar refractivity (Wildman–Crippen MR) is 111 cm³/mol. The Hall–Kier alpha value is -1.64. The second-order valence-corrected chi connectivity index (χ2v) is 8.14. The van der Waals surface area contributed by atoms with Crippen molar-refractivity contribution in [2.75, 3.05) is 0 Å². The predicted octanol–water partition coefficient (Wildman–Crippen LogP) is 7.83. The van der Waals surface area contributed by atoms with E-state index < -0.39 is 0 Å². The largest absolute Gasteiger partial charge is 0.135 e. The van der Waals surface area contributed by atoms with Crippen LogP contribution in [-0.4, -0.2) is 0 Å². The molecule has 0 fully saturated rings. The van der Waals surface area contributed by atoms with Gasteiger partial charge in [0.1, 0.15) is 0 Å². The maximum atomic E-state index is 3.75. The summed E-state index contributed by atoms with van der Waals surface area (Å²) in [5.74, 6) is 0. The van der Waals surface area contributed by atoms with E-state index in [2.05, 4.69) is 83.5 Å². The van der Waals surface area contributed by atoms with Crippen LogP contribution in [0.3, 0.4) is 0 Å². The van der Waals surface area contributed by atoms with E-state index in [1.165, 1.54) is 60.6 Å².